The van der Waals surface area contributed by atoms with Crippen molar-refractivity contribution in [3.63, 3.8) is 0 Å². The summed E-state index contributed by atoms with van der Waals surface area (Å²) in [5.74, 6) is -2.49. The summed E-state index contributed by atoms with van der Waals surface area (Å²) in [6.45, 7) is 0.653. The van der Waals surface area contributed by atoms with Crippen LogP contribution in [0.1, 0.15) is 103 Å². The zero-order valence-electron chi connectivity index (χ0n) is 21.1. The number of carbonyl (C=O) groups is 4. The van der Waals surface area contributed by atoms with Gasteiger partial charge >= 0.3 is 11.9 Å². The van der Waals surface area contributed by atoms with Gasteiger partial charge in [0.15, 0.2) is 0 Å². The standard InChI is InChI=1S/C25H46N2O8/c28-18-20-35-19-17-26-22(29)16-15-21(25(33)34)27-23(30)13-11-9-7-5-3-1-2-4-6-8-10-12-14-24(31)32/h21,28H,1-20H2,(H,26,29)(H,27,30)(H,31,32)(H,33,34)/t21-/m0/s1. The van der Waals surface area contributed by atoms with Crippen molar-refractivity contribution in [3.8, 4) is 0 Å². The number of nitrogens with one attached hydrogen (secondary N) is 2. The van der Waals surface area contributed by atoms with Crippen molar-refractivity contribution >= 4 is 23.8 Å². The van der Waals surface area contributed by atoms with E-state index < -0.39 is 18.0 Å². The Morgan fingerprint density at radius 3 is 1.66 bits per heavy atom. The van der Waals surface area contributed by atoms with E-state index in [0.29, 0.717) is 6.42 Å². The van der Waals surface area contributed by atoms with Crippen LogP contribution < -0.4 is 10.6 Å². The summed E-state index contributed by atoms with van der Waals surface area (Å²) in [4.78, 5) is 45.7. The van der Waals surface area contributed by atoms with Gasteiger partial charge in [0.1, 0.15) is 6.04 Å². The van der Waals surface area contributed by atoms with Gasteiger partial charge < -0.3 is 30.7 Å². The lowest BCUT2D eigenvalue weighted by Crippen LogP contribution is -2.41. The lowest BCUT2D eigenvalue weighted by Gasteiger charge is -2.14. The van der Waals surface area contributed by atoms with Crippen LogP contribution in [0.15, 0.2) is 0 Å². The quantitative estimate of drug-likeness (QED) is 0.119. The number of hydrogen-bond acceptors (Lipinski definition) is 6. The minimum atomic E-state index is -1.15. The third kappa shape index (κ3) is 23.3. The van der Waals surface area contributed by atoms with Gasteiger partial charge in [0.25, 0.3) is 0 Å². The second-order valence-corrected chi connectivity index (χ2v) is 8.82. The first-order valence-electron chi connectivity index (χ1n) is 13.1. The fraction of sp³-hybridized carbons (Fsp3) is 0.840. The smallest absolute Gasteiger partial charge is 0.326 e. The highest BCUT2D eigenvalue weighted by Crippen LogP contribution is 2.13. The molecular formula is C25H46N2O8. The van der Waals surface area contributed by atoms with E-state index in [1.165, 1.54) is 25.7 Å². The second kappa shape index (κ2) is 23.5. The number of ether oxygens (including phenoxy) is 1. The average molecular weight is 503 g/mol. The Balaban J connectivity index is 3.67. The normalized spacial score (nSPS) is 11.7. The van der Waals surface area contributed by atoms with Gasteiger partial charge in [-0.05, 0) is 19.3 Å². The average Bonchev–Trinajstić information content (AvgIpc) is 2.81. The van der Waals surface area contributed by atoms with Gasteiger partial charge in [-0.3, -0.25) is 14.4 Å². The molecule has 0 aliphatic heterocycles. The molecule has 1 atom stereocenters. The molecule has 0 aliphatic rings. The molecule has 2 amide bonds. The maximum atomic E-state index is 12.1. The molecule has 0 aliphatic carbocycles. The molecule has 10 heteroatoms. The maximum absolute atomic E-state index is 12.1. The van der Waals surface area contributed by atoms with Crippen LogP contribution in [-0.4, -0.2) is 71.5 Å². The van der Waals surface area contributed by atoms with Crippen molar-refractivity contribution < 1.29 is 39.2 Å². The van der Waals surface area contributed by atoms with Crippen LogP contribution in [0.2, 0.25) is 0 Å². The first-order valence-corrected chi connectivity index (χ1v) is 13.1. The van der Waals surface area contributed by atoms with Gasteiger partial charge in [-0.2, -0.15) is 0 Å². The lowest BCUT2D eigenvalue weighted by atomic mass is 10.0. The molecule has 35 heavy (non-hydrogen) atoms. The SMILES string of the molecule is O=C(O)CCCCCCCCCCCCCCC(=O)N[C@@H](CCC(=O)NCCOCCO)C(=O)O. The lowest BCUT2D eigenvalue weighted by molar-refractivity contribution is -0.142. The third-order valence-electron chi connectivity index (χ3n) is 5.64. The molecule has 0 fully saturated rings. The van der Waals surface area contributed by atoms with Crippen molar-refractivity contribution in [2.24, 2.45) is 0 Å². The number of hydrogen-bond donors (Lipinski definition) is 5. The molecule has 0 saturated carbocycles. The number of carboxylic acid groups (broad SMARTS) is 2. The van der Waals surface area contributed by atoms with E-state index in [9.17, 15) is 24.3 Å². The van der Waals surface area contributed by atoms with Gasteiger partial charge in [0.05, 0.1) is 19.8 Å². The van der Waals surface area contributed by atoms with Crippen LogP contribution in [0.4, 0.5) is 0 Å². The predicted octanol–water partition coefficient (Wildman–Crippen LogP) is 3.01. The first-order chi connectivity index (χ1) is 16.9. The molecule has 0 aromatic heterocycles. The summed E-state index contributed by atoms with van der Waals surface area (Å²) in [7, 11) is 0. The molecule has 0 saturated heterocycles. The van der Waals surface area contributed by atoms with E-state index in [0.717, 1.165) is 44.9 Å². The summed E-state index contributed by atoms with van der Waals surface area (Å²) in [6, 6.07) is -1.09. The Bertz CT molecular complexity index is 586. The van der Waals surface area contributed by atoms with Gasteiger partial charge in [-0.1, -0.05) is 64.2 Å². The Morgan fingerprint density at radius 1 is 0.657 bits per heavy atom. The number of carbonyl (C=O) groups excluding carboxylic acids is 2. The summed E-state index contributed by atoms with van der Waals surface area (Å²) < 4.78 is 5.02. The predicted molar refractivity (Wildman–Crippen MR) is 132 cm³/mol. The topological polar surface area (TPSA) is 162 Å². The number of rotatable bonds is 25. The Morgan fingerprint density at radius 2 is 1.17 bits per heavy atom. The van der Waals surface area contributed by atoms with E-state index in [1.54, 1.807) is 0 Å². The molecule has 0 spiro atoms. The number of aliphatic hydroxyl groups excluding tert-OH is 1. The number of aliphatic hydroxyl groups is 1. The van der Waals surface area contributed by atoms with Crippen molar-refractivity contribution in [3.05, 3.63) is 0 Å². The Hall–Kier alpha value is -2.20. The van der Waals surface area contributed by atoms with Crippen LogP contribution >= 0.6 is 0 Å². The summed E-state index contributed by atoms with van der Waals surface area (Å²) >= 11 is 0. The monoisotopic (exact) mass is 502 g/mol. The van der Waals surface area contributed by atoms with Crippen LogP contribution in [0.5, 0.6) is 0 Å². The van der Waals surface area contributed by atoms with Crippen molar-refractivity contribution in [1.29, 1.82) is 0 Å². The van der Waals surface area contributed by atoms with Gasteiger partial charge in [0, 0.05) is 25.8 Å². The van der Waals surface area contributed by atoms with E-state index in [-0.39, 0.29) is 63.9 Å². The largest absolute Gasteiger partial charge is 0.481 e. The molecule has 0 unspecified atom stereocenters. The highest BCUT2D eigenvalue weighted by atomic mass is 16.5. The molecule has 204 valence electrons. The Kier molecular flexibility index (Phi) is 22.1. The minimum absolute atomic E-state index is 0.0119. The van der Waals surface area contributed by atoms with Crippen LogP contribution in [0.3, 0.4) is 0 Å². The highest BCUT2D eigenvalue weighted by molar-refractivity contribution is 5.84. The van der Waals surface area contributed by atoms with Crippen molar-refractivity contribution in [2.45, 2.75) is 109 Å². The molecule has 5 N–H and O–H groups in total. The van der Waals surface area contributed by atoms with Crippen LogP contribution in [0, 0.1) is 0 Å². The molecular weight excluding hydrogens is 456 g/mol. The Labute approximate surface area is 209 Å². The van der Waals surface area contributed by atoms with E-state index in [4.69, 9.17) is 14.9 Å². The molecule has 0 radical (unpaired) electrons. The summed E-state index contributed by atoms with van der Waals surface area (Å²) in [5.41, 5.74) is 0. The summed E-state index contributed by atoms with van der Waals surface area (Å²) in [6.07, 6.45) is 13.1. The van der Waals surface area contributed by atoms with E-state index in [1.807, 2.05) is 0 Å². The van der Waals surface area contributed by atoms with E-state index in [2.05, 4.69) is 10.6 Å². The minimum Gasteiger partial charge on any atom is -0.481 e. The molecule has 10 nitrogen and oxygen atoms in total. The number of unbranched alkanes of at least 4 members (excludes halogenated alkanes) is 11. The van der Waals surface area contributed by atoms with Crippen molar-refractivity contribution in [1.82, 2.24) is 10.6 Å². The zero-order valence-corrected chi connectivity index (χ0v) is 21.1. The molecule has 0 aromatic carbocycles. The van der Waals surface area contributed by atoms with E-state index >= 15 is 0 Å². The zero-order chi connectivity index (χ0) is 26.2. The van der Waals surface area contributed by atoms with Crippen molar-refractivity contribution in [2.75, 3.05) is 26.4 Å². The fourth-order valence-corrected chi connectivity index (χ4v) is 3.65. The third-order valence-corrected chi connectivity index (χ3v) is 5.64. The molecule has 0 aromatic rings. The van der Waals surface area contributed by atoms with Gasteiger partial charge in [-0.15, -0.1) is 0 Å². The fourth-order valence-electron chi connectivity index (χ4n) is 3.65. The highest BCUT2D eigenvalue weighted by Gasteiger charge is 2.20. The first kappa shape index (κ1) is 32.8. The van der Waals surface area contributed by atoms with Gasteiger partial charge in [-0.25, -0.2) is 4.79 Å². The molecule has 0 heterocycles. The van der Waals surface area contributed by atoms with Gasteiger partial charge in [0.2, 0.25) is 11.8 Å². The van der Waals surface area contributed by atoms with Crippen LogP contribution in [0.25, 0.3) is 0 Å². The maximum Gasteiger partial charge on any atom is 0.326 e. The number of amides is 2. The molecule has 0 bridgehead atoms. The van der Waals surface area contributed by atoms with Crippen LogP contribution in [-0.2, 0) is 23.9 Å². The second-order valence-electron chi connectivity index (χ2n) is 8.82. The number of aliphatic carboxylic acids is 2. The summed E-state index contributed by atoms with van der Waals surface area (Å²) in [5, 5.41) is 31.6. The molecule has 0 rings (SSSR count). The number of carboxylic acids is 2.